The smallest absolute Gasteiger partial charge is 0.303 e. The fourth-order valence-electron chi connectivity index (χ4n) is 4.47. The minimum absolute atomic E-state index is 0.0813. The number of halogens is 1. The maximum absolute atomic E-state index is 14.6. The highest BCUT2D eigenvalue weighted by molar-refractivity contribution is 5.75. The average Bonchev–Trinajstić information content (AvgIpc) is 3.75. The largest absolute Gasteiger partial charge is 0.497 e. The van der Waals surface area contributed by atoms with Gasteiger partial charge in [-0.25, -0.2) is 4.39 Å². The molecule has 33 heavy (non-hydrogen) atoms. The monoisotopic (exact) mass is 447 g/mol. The van der Waals surface area contributed by atoms with Crippen LogP contribution in [0, 0.1) is 11.7 Å². The van der Waals surface area contributed by atoms with E-state index in [4.69, 9.17) is 9.26 Å². The van der Waals surface area contributed by atoms with Crippen molar-refractivity contribution in [3.63, 3.8) is 0 Å². The third-order valence-electron chi connectivity index (χ3n) is 6.54. The van der Waals surface area contributed by atoms with E-state index in [1.54, 1.807) is 19.2 Å². The molecule has 3 aromatic rings. The Morgan fingerprint density at radius 1 is 1.18 bits per heavy atom. The molecule has 2 aliphatic rings. The molecular weight excluding hydrogens is 421 g/mol. The molecular formula is C27H26FNO4. The summed E-state index contributed by atoms with van der Waals surface area (Å²) in [7, 11) is 1.55. The van der Waals surface area contributed by atoms with Gasteiger partial charge in [0.2, 0.25) is 0 Å². The van der Waals surface area contributed by atoms with Crippen molar-refractivity contribution in [1.82, 2.24) is 5.16 Å². The molecule has 1 unspecified atom stereocenters. The summed E-state index contributed by atoms with van der Waals surface area (Å²) >= 11 is 0. The Morgan fingerprint density at radius 3 is 2.58 bits per heavy atom. The number of carboxylic acids is 1. The standard InChI is InChI=1S/C27H26FNO4/c1-32-20-11-12-23(28)22(14-20)27-26(19-9-10-19)24(29-33-27)13-4-16-2-5-17(6-3-16)21(15-25(30)31)18-7-8-18/h2-6,11-14,18-19,21H,7-10,15H2,1H3,(H,30,31)/b13-4+. The van der Waals surface area contributed by atoms with E-state index < -0.39 is 5.97 Å². The summed E-state index contributed by atoms with van der Waals surface area (Å²) in [6, 6.07) is 12.7. The number of aliphatic carboxylic acids is 1. The zero-order valence-electron chi connectivity index (χ0n) is 18.5. The van der Waals surface area contributed by atoms with Gasteiger partial charge in [-0.3, -0.25) is 4.79 Å². The summed E-state index contributed by atoms with van der Waals surface area (Å²) < 4.78 is 25.4. The van der Waals surface area contributed by atoms with Gasteiger partial charge in [0.05, 0.1) is 19.1 Å². The van der Waals surface area contributed by atoms with Crippen LogP contribution in [-0.4, -0.2) is 23.3 Å². The van der Waals surface area contributed by atoms with Gasteiger partial charge in [-0.2, -0.15) is 0 Å². The molecule has 170 valence electrons. The van der Waals surface area contributed by atoms with Gasteiger partial charge in [-0.15, -0.1) is 0 Å². The van der Waals surface area contributed by atoms with E-state index in [0.29, 0.717) is 34.6 Å². The summed E-state index contributed by atoms with van der Waals surface area (Å²) in [5, 5.41) is 13.5. The third-order valence-corrected chi connectivity index (χ3v) is 6.54. The van der Waals surface area contributed by atoms with Crippen LogP contribution in [0.5, 0.6) is 5.75 Å². The lowest BCUT2D eigenvalue weighted by Gasteiger charge is -2.14. The van der Waals surface area contributed by atoms with E-state index in [-0.39, 0.29) is 18.2 Å². The first-order chi connectivity index (χ1) is 16.0. The maximum Gasteiger partial charge on any atom is 0.303 e. The number of aromatic nitrogens is 1. The molecule has 2 saturated carbocycles. The molecule has 0 amide bonds. The van der Waals surface area contributed by atoms with Crippen molar-refractivity contribution >= 4 is 18.1 Å². The lowest BCUT2D eigenvalue weighted by Crippen LogP contribution is -2.08. The van der Waals surface area contributed by atoms with E-state index in [9.17, 15) is 14.3 Å². The number of rotatable bonds is 9. The minimum Gasteiger partial charge on any atom is -0.497 e. The van der Waals surface area contributed by atoms with Gasteiger partial charge in [-0.05, 0) is 78.8 Å². The van der Waals surface area contributed by atoms with Crippen LogP contribution in [0.1, 0.15) is 66.3 Å². The van der Waals surface area contributed by atoms with Crippen molar-refractivity contribution in [2.45, 2.75) is 43.9 Å². The lowest BCUT2D eigenvalue weighted by atomic mass is 9.90. The van der Waals surface area contributed by atoms with Crippen LogP contribution >= 0.6 is 0 Å². The highest BCUT2D eigenvalue weighted by atomic mass is 19.1. The predicted octanol–water partition coefficient (Wildman–Crippen LogP) is 6.51. The first kappa shape index (κ1) is 21.4. The highest BCUT2D eigenvalue weighted by Crippen LogP contribution is 2.47. The highest BCUT2D eigenvalue weighted by Gasteiger charge is 2.34. The molecule has 2 aliphatic carbocycles. The van der Waals surface area contributed by atoms with Crippen LogP contribution in [0.4, 0.5) is 4.39 Å². The molecule has 0 radical (unpaired) electrons. The van der Waals surface area contributed by atoms with Gasteiger partial charge in [0.15, 0.2) is 5.76 Å². The van der Waals surface area contributed by atoms with Crippen molar-refractivity contribution in [1.29, 1.82) is 0 Å². The number of nitrogens with zero attached hydrogens (tertiary/aromatic N) is 1. The summed E-state index contributed by atoms with van der Waals surface area (Å²) in [5.74, 6) is 0.782. The van der Waals surface area contributed by atoms with Crippen LogP contribution in [-0.2, 0) is 4.79 Å². The first-order valence-corrected chi connectivity index (χ1v) is 11.4. The van der Waals surface area contributed by atoms with Crippen molar-refractivity contribution in [3.8, 4) is 17.1 Å². The second kappa shape index (κ2) is 8.85. The van der Waals surface area contributed by atoms with Crippen LogP contribution in [0.25, 0.3) is 23.5 Å². The van der Waals surface area contributed by atoms with Gasteiger partial charge in [0, 0.05) is 5.56 Å². The second-order valence-electron chi connectivity index (χ2n) is 8.97. The van der Waals surface area contributed by atoms with E-state index in [1.807, 2.05) is 36.4 Å². The topological polar surface area (TPSA) is 72.6 Å². The van der Waals surface area contributed by atoms with Crippen LogP contribution < -0.4 is 4.74 Å². The summed E-state index contributed by atoms with van der Waals surface area (Å²) in [5.41, 5.74) is 4.07. The molecule has 1 aromatic heterocycles. The van der Waals surface area contributed by atoms with Crippen LogP contribution in [0.15, 0.2) is 47.0 Å². The normalized spacial score (nSPS) is 16.8. The predicted molar refractivity (Wildman–Crippen MR) is 124 cm³/mol. The minimum atomic E-state index is -0.752. The Balaban J connectivity index is 1.40. The third kappa shape index (κ3) is 4.70. The first-order valence-electron chi connectivity index (χ1n) is 11.4. The van der Waals surface area contributed by atoms with Crippen molar-refractivity contribution < 1.29 is 23.6 Å². The Bertz CT molecular complexity index is 1190. The molecule has 0 aliphatic heterocycles. The summed E-state index contributed by atoms with van der Waals surface area (Å²) in [6.07, 6.45) is 8.31. The van der Waals surface area contributed by atoms with E-state index in [2.05, 4.69) is 5.16 Å². The van der Waals surface area contributed by atoms with Gasteiger partial charge < -0.3 is 14.4 Å². The molecule has 0 bridgehead atoms. The summed E-state index contributed by atoms with van der Waals surface area (Å²) in [4.78, 5) is 11.2. The molecule has 2 aromatic carbocycles. The van der Waals surface area contributed by atoms with Gasteiger partial charge >= 0.3 is 5.97 Å². The molecule has 5 nitrogen and oxygen atoms in total. The van der Waals surface area contributed by atoms with Crippen molar-refractivity contribution in [3.05, 3.63) is 70.7 Å². The number of ether oxygens (including phenoxy) is 1. The number of carbonyl (C=O) groups is 1. The summed E-state index contributed by atoms with van der Waals surface area (Å²) in [6.45, 7) is 0. The molecule has 6 heteroatoms. The van der Waals surface area contributed by atoms with E-state index in [1.165, 1.54) is 6.07 Å². The Labute approximate surface area is 191 Å². The lowest BCUT2D eigenvalue weighted by molar-refractivity contribution is -0.137. The number of benzene rings is 2. The molecule has 0 saturated heterocycles. The molecule has 1 heterocycles. The number of hydrogen-bond donors (Lipinski definition) is 1. The molecule has 1 atom stereocenters. The Morgan fingerprint density at radius 2 is 1.94 bits per heavy atom. The molecule has 1 N–H and O–H groups in total. The van der Waals surface area contributed by atoms with Crippen LogP contribution in [0.3, 0.4) is 0 Å². The maximum atomic E-state index is 14.6. The van der Waals surface area contributed by atoms with Gasteiger partial charge in [-0.1, -0.05) is 35.5 Å². The van der Waals surface area contributed by atoms with E-state index in [0.717, 1.165) is 42.4 Å². The quantitative estimate of drug-likeness (QED) is 0.405. The van der Waals surface area contributed by atoms with Crippen molar-refractivity contribution in [2.75, 3.05) is 7.11 Å². The molecule has 2 fully saturated rings. The Kier molecular flexibility index (Phi) is 5.75. The van der Waals surface area contributed by atoms with Gasteiger partial charge in [0.25, 0.3) is 0 Å². The zero-order valence-corrected chi connectivity index (χ0v) is 18.5. The zero-order chi connectivity index (χ0) is 22.9. The number of hydrogen-bond acceptors (Lipinski definition) is 4. The fraction of sp³-hybridized carbons (Fsp3) is 0.333. The Hall–Kier alpha value is -3.41. The average molecular weight is 448 g/mol. The number of methoxy groups -OCH3 is 1. The van der Waals surface area contributed by atoms with Crippen LogP contribution in [0.2, 0.25) is 0 Å². The number of carboxylic acid groups (broad SMARTS) is 1. The second-order valence-corrected chi connectivity index (χ2v) is 8.97. The fourth-order valence-corrected chi connectivity index (χ4v) is 4.47. The SMILES string of the molecule is COc1ccc(F)c(-c2onc(/C=C/c3ccc(C(CC(=O)O)C4CC4)cc3)c2C2CC2)c1. The van der Waals surface area contributed by atoms with Crippen molar-refractivity contribution in [2.24, 2.45) is 5.92 Å². The van der Waals surface area contributed by atoms with E-state index >= 15 is 0 Å². The molecule has 5 rings (SSSR count). The van der Waals surface area contributed by atoms with Gasteiger partial charge in [0.1, 0.15) is 17.3 Å². The molecule has 0 spiro atoms.